The largest absolute Gasteiger partial charge is 0.388 e. The van der Waals surface area contributed by atoms with Gasteiger partial charge in [-0.05, 0) is 225 Å². The summed E-state index contributed by atoms with van der Waals surface area (Å²) >= 11 is 5.96. The van der Waals surface area contributed by atoms with E-state index in [4.69, 9.17) is 0 Å². The fraction of sp³-hybridized carbons (Fsp3) is 0.222. The molecule has 14 aromatic carbocycles. The van der Waals surface area contributed by atoms with E-state index in [1.165, 1.54) is 126 Å². The van der Waals surface area contributed by atoms with Gasteiger partial charge in [-0.15, -0.1) is 0 Å². The zero-order chi connectivity index (χ0) is 75.6. The van der Waals surface area contributed by atoms with Gasteiger partial charge in [0.25, 0.3) is 0 Å². The van der Waals surface area contributed by atoms with Crippen LogP contribution in [0.2, 0.25) is 0 Å². The molecule has 6 aliphatic rings. The van der Waals surface area contributed by atoms with E-state index in [9.17, 15) is 29.0 Å². The summed E-state index contributed by atoms with van der Waals surface area (Å²) in [4.78, 5) is 34.2. The average molecular weight is 1540 g/mol. The average Bonchev–Trinajstić information content (AvgIpc) is 1.67. The van der Waals surface area contributed by atoms with Crippen LogP contribution in [0.25, 0.3) is 87.6 Å². The van der Waals surface area contributed by atoms with Crippen molar-refractivity contribution in [1.29, 1.82) is 0 Å². The van der Waals surface area contributed by atoms with Crippen molar-refractivity contribution in [2.45, 2.75) is 110 Å². The number of ketones is 2. The molecular weight excluding hydrogens is 1450 g/mol. The number of fused-ring (bicyclic) bond motifs is 19. The van der Waals surface area contributed by atoms with Gasteiger partial charge in [0, 0.05) is 23.0 Å². The number of aliphatic hydroxyl groups excluding tert-OH is 2. The van der Waals surface area contributed by atoms with Gasteiger partial charge >= 0.3 is 0 Å². The monoisotopic (exact) mass is 1540 g/mol. The van der Waals surface area contributed by atoms with E-state index >= 15 is 0 Å². The first-order valence-corrected chi connectivity index (χ1v) is 38.8. The van der Waals surface area contributed by atoms with E-state index < -0.39 is 4.32 Å². The number of carbonyl (C=O) groups excluding carboxylic acids is 3. The van der Waals surface area contributed by atoms with Crippen molar-refractivity contribution in [3.05, 3.63) is 345 Å². The Bertz CT molecular complexity index is 5620. The van der Waals surface area contributed by atoms with Crippen molar-refractivity contribution in [2.75, 3.05) is 7.18 Å². The number of hydrogen-bond donors (Lipinski definition) is 2. The Morgan fingerprint density at radius 3 is 1.34 bits per heavy atom. The van der Waals surface area contributed by atoms with Gasteiger partial charge in [-0.2, -0.15) is 0 Å². The minimum atomic E-state index is -0.410. The molecule has 540 valence electrons. The van der Waals surface area contributed by atoms with E-state index in [0.29, 0.717) is 30.6 Å². The van der Waals surface area contributed by atoms with Crippen molar-refractivity contribution < 1.29 is 29.0 Å². The third-order valence-electron chi connectivity index (χ3n) is 21.4. The number of halogens is 3. The molecule has 8 heteroatoms. The van der Waals surface area contributed by atoms with E-state index in [2.05, 4.69) is 284 Å². The Morgan fingerprint density at radius 1 is 0.393 bits per heavy atom. The van der Waals surface area contributed by atoms with Crippen molar-refractivity contribution in [2.24, 2.45) is 23.7 Å². The predicted octanol–water partition coefficient (Wildman–Crippen LogP) is 25.7. The molecule has 107 heavy (non-hydrogen) atoms. The fourth-order valence-corrected chi connectivity index (χ4v) is 15.8. The second kappa shape index (κ2) is 34.4. The standard InChI is InChI=1S/C14H14O.C14H12O.C14H14O.C14H12O.2C14H12.C10H8.C4H6Br2O.CH3F/c2*1-9-8-11-7-6-10-4-2-3-5-12(10)13(11)14(9)15;2*1-9-8-13-11-5-3-2-4-10(11)6-7-12(13)14(9)15;2*1-10-8-12-7-6-11-4-2-3-5-13(11)14(12)9-10;1-2-6-10-8-4-3-7-9(10)5-1;1-4(2,6)3(5)7;1-2/h2-7,9,14-15H,8H2,1H3;2-7,9H,8H2,1H3;2-7,9,14-15H,8H2,1H3;2-7,9H,8H2,1H3;2-7,9H,8H2,1H3;2-8H,9H2,1H3;1-8H;1-2H3;1H3. The Hall–Kier alpha value is -9.80. The molecule has 6 atom stereocenters. The molecule has 0 radical (unpaired) electrons. The third-order valence-corrected chi connectivity index (χ3v) is 23.3. The number of allylic oxidation sites excluding steroid dienone is 2. The van der Waals surface area contributed by atoms with Crippen LogP contribution in [0.5, 0.6) is 0 Å². The Kier molecular flexibility index (Phi) is 24.7. The highest BCUT2D eigenvalue weighted by molar-refractivity contribution is 9.20. The summed E-state index contributed by atoms with van der Waals surface area (Å²) in [7, 11) is 0.500. The molecule has 0 spiro atoms. The number of benzene rings is 14. The maximum atomic E-state index is 12.0. The molecule has 0 heterocycles. The minimum absolute atomic E-state index is 0.0278. The lowest BCUT2D eigenvalue weighted by Gasteiger charge is -2.11. The smallest absolute Gasteiger partial charge is 0.213 e. The van der Waals surface area contributed by atoms with Crippen LogP contribution in [-0.4, -0.2) is 38.0 Å². The quantitative estimate of drug-likeness (QED) is 0.126. The van der Waals surface area contributed by atoms with Gasteiger partial charge in [0.15, 0.2) is 11.6 Å². The molecule has 0 aromatic heterocycles. The summed E-state index contributed by atoms with van der Waals surface area (Å²) in [5.41, 5.74) is 18.0. The molecule has 14 aromatic rings. The predicted molar refractivity (Wildman–Crippen MR) is 456 cm³/mol. The summed E-state index contributed by atoms with van der Waals surface area (Å²) in [6.07, 6.45) is 10.1. The molecule has 0 bridgehead atoms. The normalized spacial score (nSPS) is 17.8. The van der Waals surface area contributed by atoms with E-state index in [1.54, 1.807) is 13.8 Å². The molecule has 5 nitrogen and oxygen atoms in total. The molecular formula is C99H93Br2FO5. The number of Topliss-reactive ketones (excluding diaryl/α,β-unsaturated/α-hetero) is 2. The molecule has 0 fully saturated rings. The zero-order valence-electron chi connectivity index (χ0n) is 62.5. The van der Waals surface area contributed by atoms with Crippen LogP contribution in [0.1, 0.15) is 144 Å². The Morgan fingerprint density at radius 2 is 0.785 bits per heavy atom. The lowest BCUT2D eigenvalue weighted by molar-refractivity contribution is -0.111. The van der Waals surface area contributed by atoms with Gasteiger partial charge in [-0.1, -0.05) is 334 Å². The van der Waals surface area contributed by atoms with Gasteiger partial charge in [0.1, 0.15) is 0 Å². The van der Waals surface area contributed by atoms with E-state index in [0.717, 1.165) is 66.2 Å². The lowest BCUT2D eigenvalue weighted by Crippen LogP contribution is -2.17. The van der Waals surface area contributed by atoms with Crippen LogP contribution in [0.15, 0.2) is 278 Å². The maximum absolute atomic E-state index is 12.0. The van der Waals surface area contributed by atoms with Crippen LogP contribution in [0, 0.1) is 23.7 Å². The second-order valence-electron chi connectivity index (χ2n) is 29.7. The van der Waals surface area contributed by atoms with Crippen molar-refractivity contribution >= 4 is 136 Å². The van der Waals surface area contributed by atoms with Crippen molar-refractivity contribution in [3.63, 3.8) is 0 Å². The molecule has 20 rings (SSSR count). The first-order chi connectivity index (χ1) is 51.7. The molecule has 6 unspecified atom stereocenters. The van der Waals surface area contributed by atoms with E-state index in [-0.39, 0.29) is 28.7 Å². The molecule has 6 aliphatic carbocycles. The topological polar surface area (TPSA) is 91.7 Å². The molecule has 0 saturated heterocycles. The third kappa shape index (κ3) is 17.3. The Labute approximate surface area is 646 Å². The summed E-state index contributed by atoms with van der Waals surface area (Å²) < 4.78 is 9.06. The number of rotatable bonds is 1. The van der Waals surface area contributed by atoms with Gasteiger partial charge in [0.2, 0.25) is 4.69 Å². The maximum Gasteiger partial charge on any atom is 0.213 e. The molecule has 2 N–H and O–H groups in total. The summed E-state index contributed by atoms with van der Waals surface area (Å²) in [6, 6.07) is 92.7. The van der Waals surface area contributed by atoms with E-state index in [1.807, 2.05) is 68.4 Å². The zero-order valence-corrected chi connectivity index (χ0v) is 65.7. The molecule has 0 saturated carbocycles. The lowest BCUT2D eigenvalue weighted by atomic mass is 9.99. The number of hydrogen-bond acceptors (Lipinski definition) is 5. The summed E-state index contributed by atoms with van der Waals surface area (Å²) in [5, 5.41) is 38.1. The number of carbonyl (C=O) groups is 3. The van der Waals surface area contributed by atoms with Crippen molar-refractivity contribution in [3.8, 4) is 0 Å². The number of alkyl halides is 2. The second-order valence-corrected chi connectivity index (χ2v) is 32.4. The highest BCUT2D eigenvalue weighted by Crippen LogP contribution is 2.42. The van der Waals surface area contributed by atoms with Crippen molar-refractivity contribution in [1.82, 2.24) is 0 Å². The van der Waals surface area contributed by atoms with Gasteiger partial charge < -0.3 is 10.2 Å². The van der Waals surface area contributed by atoms with Gasteiger partial charge in [0.05, 0.1) is 23.7 Å². The first-order valence-electron chi connectivity index (χ1n) is 37.2. The first kappa shape index (κ1) is 76.8. The SMILES string of the molecule is CC(C)(Br)C(=O)Br.CC1=Cc2c(ccc3ccccc23)C1.CC1=Cc2ccc3ccccc3c2C1.CC1Cc2c(ccc3ccccc23)C1=O.CC1Cc2c(ccc3ccccc23)C1O.CC1Cc2ccc3ccccc3c2C1=O.CC1Cc2ccc3ccccc3c2C1O.CF.c1ccc2ccccc2c1. The Balaban J connectivity index is 0.000000115. The van der Waals surface area contributed by atoms with Crippen LogP contribution >= 0.6 is 31.9 Å². The number of aliphatic hydroxyl groups is 2. The van der Waals surface area contributed by atoms with Crippen LogP contribution in [0.3, 0.4) is 0 Å². The summed E-state index contributed by atoms with van der Waals surface area (Å²) in [6.45, 7) is 16.2. The highest BCUT2D eigenvalue weighted by atomic mass is 79.9. The van der Waals surface area contributed by atoms with Crippen LogP contribution in [0.4, 0.5) is 4.39 Å². The molecule has 0 aliphatic heterocycles. The minimum Gasteiger partial charge on any atom is -0.388 e. The summed E-state index contributed by atoms with van der Waals surface area (Å²) in [5.74, 6) is 1.63. The molecule has 0 amide bonds. The van der Waals surface area contributed by atoms with Gasteiger partial charge in [-0.25, -0.2) is 0 Å². The highest BCUT2D eigenvalue weighted by Gasteiger charge is 2.32. The van der Waals surface area contributed by atoms with Crippen LogP contribution < -0.4 is 0 Å². The van der Waals surface area contributed by atoms with Crippen LogP contribution in [-0.2, 0) is 43.3 Å². The van der Waals surface area contributed by atoms with Gasteiger partial charge in [-0.3, -0.25) is 18.8 Å². The fourth-order valence-electron chi connectivity index (χ4n) is 15.8.